The summed E-state index contributed by atoms with van der Waals surface area (Å²) in [5.41, 5.74) is 1.24. The average molecular weight is 596 g/mol. The summed E-state index contributed by atoms with van der Waals surface area (Å²) in [5, 5.41) is 17.8. The van der Waals surface area contributed by atoms with Gasteiger partial charge >= 0.3 is 12.3 Å². The van der Waals surface area contributed by atoms with Gasteiger partial charge in [-0.2, -0.15) is 4.98 Å². The number of alkyl halides is 3. The summed E-state index contributed by atoms with van der Waals surface area (Å²) in [7, 11) is 0. The molecule has 4 aliphatic carbocycles. The van der Waals surface area contributed by atoms with Gasteiger partial charge in [-0.05, 0) is 81.7 Å². The summed E-state index contributed by atoms with van der Waals surface area (Å²) >= 11 is 0. The van der Waals surface area contributed by atoms with E-state index >= 15 is 0 Å². The fraction of sp³-hybridized carbons (Fsp3) is 0.419. The molecule has 0 saturated heterocycles. The van der Waals surface area contributed by atoms with Gasteiger partial charge in [0.05, 0.1) is 17.8 Å². The predicted octanol–water partition coefficient (Wildman–Crippen LogP) is 7.43. The smallest absolute Gasteiger partial charge is 0.478 e. The molecule has 0 amide bonds. The van der Waals surface area contributed by atoms with Crippen LogP contribution < -0.4 is 4.74 Å². The molecule has 1 N–H and O–H groups in total. The Labute approximate surface area is 244 Å². The first kappa shape index (κ1) is 27.6. The quantitative estimate of drug-likeness (QED) is 0.211. The van der Waals surface area contributed by atoms with Crippen molar-refractivity contribution in [2.24, 2.45) is 0 Å². The second kappa shape index (κ2) is 10.2. The van der Waals surface area contributed by atoms with Gasteiger partial charge in [-0.25, -0.2) is 4.79 Å². The van der Waals surface area contributed by atoms with E-state index in [9.17, 15) is 23.1 Å². The molecule has 12 heteroatoms. The number of aromatic carboxylic acids is 1. The van der Waals surface area contributed by atoms with E-state index in [2.05, 4.69) is 20.0 Å². The van der Waals surface area contributed by atoms with Gasteiger partial charge in [0.1, 0.15) is 17.2 Å². The molecule has 0 unspecified atom stereocenters. The Morgan fingerprint density at radius 2 is 1.72 bits per heavy atom. The SMILES string of the molecule is O=C(O)c1cccc(-c2nc(C34CCC(OCc5c(-c6ccccc6OC(F)(F)F)noc5C5CC5)(CC3)CC4)no2)c1. The number of hydrogen-bond donors (Lipinski definition) is 1. The van der Waals surface area contributed by atoms with Crippen molar-refractivity contribution in [2.45, 2.75) is 81.3 Å². The van der Waals surface area contributed by atoms with Gasteiger partial charge in [0.15, 0.2) is 5.82 Å². The third-order valence-electron chi connectivity index (χ3n) is 9.09. The minimum atomic E-state index is -4.84. The zero-order valence-corrected chi connectivity index (χ0v) is 23.0. The number of rotatable bonds is 9. The Kier molecular flexibility index (Phi) is 6.57. The fourth-order valence-corrected chi connectivity index (χ4v) is 6.49. The Hall–Kier alpha value is -4.19. The maximum Gasteiger partial charge on any atom is 0.573 e. The molecule has 0 aliphatic heterocycles. The molecule has 4 fully saturated rings. The first-order valence-corrected chi connectivity index (χ1v) is 14.3. The number of benzene rings is 2. The average Bonchev–Trinajstić information content (AvgIpc) is 3.55. The minimum Gasteiger partial charge on any atom is -0.478 e. The van der Waals surface area contributed by atoms with E-state index < -0.39 is 12.3 Å². The molecule has 43 heavy (non-hydrogen) atoms. The number of aromatic nitrogens is 3. The van der Waals surface area contributed by atoms with Crippen LogP contribution >= 0.6 is 0 Å². The number of fused-ring (bicyclic) bond motifs is 3. The van der Waals surface area contributed by atoms with Crippen LogP contribution in [0.5, 0.6) is 5.75 Å². The molecular weight excluding hydrogens is 567 g/mol. The maximum atomic E-state index is 13.1. The van der Waals surface area contributed by atoms with Crippen LogP contribution in [0.25, 0.3) is 22.7 Å². The highest BCUT2D eigenvalue weighted by Crippen LogP contribution is 2.55. The van der Waals surface area contributed by atoms with Crippen molar-refractivity contribution in [1.82, 2.24) is 15.3 Å². The maximum absolute atomic E-state index is 13.1. The molecule has 9 nitrogen and oxygen atoms in total. The van der Waals surface area contributed by atoms with Crippen molar-refractivity contribution < 1.29 is 41.6 Å². The zero-order chi connectivity index (χ0) is 29.8. The third kappa shape index (κ3) is 5.28. The molecule has 2 aromatic carbocycles. The summed E-state index contributed by atoms with van der Waals surface area (Å²) in [6.45, 7) is 0.171. The van der Waals surface area contributed by atoms with Gasteiger partial charge in [0, 0.05) is 28.0 Å². The third-order valence-corrected chi connectivity index (χ3v) is 9.09. The number of carboxylic acid groups (broad SMARTS) is 1. The number of carbonyl (C=O) groups is 1. The number of ether oxygens (including phenoxy) is 2. The lowest BCUT2D eigenvalue weighted by atomic mass is 9.58. The largest absolute Gasteiger partial charge is 0.573 e. The van der Waals surface area contributed by atoms with E-state index in [4.69, 9.17) is 13.8 Å². The molecule has 0 atom stereocenters. The molecule has 224 valence electrons. The normalized spacial score (nSPS) is 23.4. The van der Waals surface area contributed by atoms with Gasteiger partial charge in [0.2, 0.25) is 0 Å². The second-order valence-electron chi connectivity index (χ2n) is 11.8. The highest BCUT2D eigenvalue weighted by Gasteiger charge is 2.52. The number of para-hydroxylation sites is 1. The molecule has 2 bridgehead atoms. The van der Waals surface area contributed by atoms with Crippen LogP contribution in [0.2, 0.25) is 0 Å². The number of halogens is 3. The summed E-state index contributed by atoms with van der Waals surface area (Å²) in [6.07, 6.45) is 1.68. The summed E-state index contributed by atoms with van der Waals surface area (Å²) in [6, 6.07) is 12.3. The molecule has 4 aromatic rings. The van der Waals surface area contributed by atoms with E-state index in [0.717, 1.165) is 51.4 Å². The lowest BCUT2D eigenvalue weighted by Gasteiger charge is -2.51. The number of carboxylic acids is 1. The van der Waals surface area contributed by atoms with Gasteiger partial charge in [0.25, 0.3) is 5.89 Å². The molecule has 4 saturated carbocycles. The van der Waals surface area contributed by atoms with Crippen LogP contribution in [-0.2, 0) is 16.8 Å². The highest BCUT2D eigenvalue weighted by molar-refractivity contribution is 5.88. The van der Waals surface area contributed by atoms with Gasteiger partial charge in [-0.15, -0.1) is 13.2 Å². The molecule has 0 radical (unpaired) electrons. The van der Waals surface area contributed by atoms with E-state index in [-0.39, 0.29) is 46.3 Å². The van der Waals surface area contributed by atoms with E-state index in [0.29, 0.717) is 28.4 Å². The van der Waals surface area contributed by atoms with Crippen molar-refractivity contribution in [3.05, 3.63) is 71.2 Å². The molecule has 2 heterocycles. The summed E-state index contributed by atoms with van der Waals surface area (Å²) < 4.78 is 61.6. The Morgan fingerprint density at radius 1 is 0.977 bits per heavy atom. The number of nitrogens with zero attached hydrogens (tertiary/aromatic N) is 3. The second-order valence-corrected chi connectivity index (χ2v) is 11.8. The van der Waals surface area contributed by atoms with Crippen molar-refractivity contribution >= 4 is 5.97 Å². The van der Waals surface area contributed by atoms with E-state index in [1.807, 2.05) is 0 Å². The van der Waals surface area contributed by atoms with E-state index in [1.165, 1.54) is 24.3 Å². The first-order chi connectivity index (χ1) is 20.6. The number of hydrogen-bond acceptors (Lipinski definition) is 8. The summed E-state index contributed by atoms with van der Waals surface area (Å²) in [4.78, 5) is 16.0. The zero-order valence-electron chi connectivity index (χ0n) is 23.0. The molecular formula is C31H28F3N3O6. The van der Waals surface area contributed by atoms with Crippen LogP contribution in [0.1, 0.15) is 84.8 Å². The highest BCUT2D eigenvalue weighted by atomic mass is 19.4. The molecule has 0 spiro atoms. The van der Waals surface area contributed by atoms with Crippen molar-refractivity contribution in [2.75, 3.05) is 0 Å². The Balaban J connectivity index is 1.08. The van der Waals surface area contributed by atoms with Crippen LogP contribution in [0, 0.1) is 0 Å². The van der Waals surface area contributed by atoms with Gasteiger partial charge < -0.3 is 23.6 Å². The van der Waals surface area contributed by atoms with E-state index in [1.54, 1.807) is 24.3 Å². The van der Waals surface area contributed by atoms with Crippen molar-refractivity contribution in [3.63, 3.8) is 0 Å². The van der Waals surface area contributed by atoms with Crippen LogP contribution in [-0.4, -0.2) is 38.3 Å². The van der Waals surface area contributed by atoms with Gasteiger partial charge in [-0.3, -0.25) is 0 Å². The minimum absolute atomic E-state index is 0.143. The fourth-order valence-electron chi connectivity index (χ4n) is 6.49. The Bertz CT molecular complexity index is 1650. The van der Waals surface area contributed by atoms with Crippen LogP contribution in [0.15, 0.2) is 57.6 Å². The van der Waals surface area contributed by atoms with Gasteiger partial charge in [-0.1, -0.05) is 28.5 Å². The molecule has 8 rings (SSSR count). The van der Waals surface area contributed by atoms with Crippen LogP contribution in [0.4, 0.5) is 13.2 Å². The predicted molar refractivity (Wildman–Crippen MR) is 144 cm³/mol. The molecule has 2 aromatic heterocycles. The lowest BCUT2D eigenvalue weighted by Crippen LogP contribution is -2.50. The molecule has 4 aliphatic rings. The Morgan fingerprint density at radius 3 is 2.42 bits per heavy atom. The topological polar surface area (TPSA) is 121 Å². The first-order valence-electron chi connectivity index (χ1n) is 14.3. The lowest BCUT2D eigenvalue weighted by molar-refractivity contribution is -0.274. The monoisotopic (exact) mass is 595 g/mol. The summed E-state index contributed by atoms with van der Waals surface area (Å²) in [5.74, 6) is 0.392. The standard InChI is InChI=1S/C31H28F3N3O6/c32-31(33,34)41-23-7-2-1-6-21(23)24-22(25(42-36-24)18-8-9-18)17-40-30-13-10-29(11-14-30,12-15-30)28-35-26(43-37-28)19-4-3-5-20(16-19)27(38)39/h1-7,16,18H,8-15,17H2,(H,38,39). The van der Waals surface area contributed by atoms with Crippen LogP contribution in [0.3, 0.4) is 0 Å². The van der Waals surface area contributed by atoms with Crippen molar-refractivity contribution in [1.29, 1.82) is 0 Å². The van der Waals surface area contributed by atoms with Crippen molar-refractivity contribution in [3.8, 4) is 28.5 Å².